The van der Waals surface area contributed by atoms with Crippen LogP contribution < -0.4 is 5.90 Å². The molecule has 3 N–H and O–H groups in total. The van der Waals surface area contributed by atoms with Gasteiger partial charge in [-0.25, -0.2) is 5.90 Å². The summed E-state index contributed by atoms with van der Waals surface area (Å²) in [5, 5.41) is 9.15. The molecule has 0 aliphatic heterocycles. The van der Waals surface area contributed by atoms with Gasteiger partial charge in [0.2, 0.25) is 0 Å². The van der Waals surface area contributed by atoms with Crippen LogP contribution in [0.1, 0.15) is 27.2 Å². The van der Waals surface area contributed by atoms with Crippen LogP contribution in [0.4, 0.5) is 0 Å². The van der Waals surface area contributed by atoms with Crippen LogP contribution >= 0.6 is 0 Å². The first-order chi connectivity index (χ1) is 5.45. The van der Waals surface area contributed by atoms with Crippen molar-refractivity contribution in [3.05, 3.63) is 12.0 Å². The molecule has 0 radical (unpaired) electrons. The van der Waals surface area contributed by atoms with Crippen LogP contribution in [0.2, 0.25) is 0 Å². The SMILES string of the molecule is CC(C)(C)OC(O)=CCCON. The van der Waals surface area contributed by atoms with Crippen molar-refractivity contribution in [1.29, 1.82) is 0 Å². The number of hydrogen-bond acceptors (Lipinski definition) is 4. The summed E-state index contributed by atoms with van der Waals surface area (Å²) >= 11 is 0. The Hall–Kier alpha value is -0.740. The predicted molar refractivity (Wildman–Crippen MR) is 46.3 cm³/mol. The zero-order chi connectivity index (χ0) is 9.61. The summed E-state index contributed by atoms with van der Waals surface area (Å²) in [7, 11) is 0. The number of aliphatic hydroxyl groups is 1. The smallest absolute Gasteiger partial charge is 0.272 e. The second-order valence-corrected chi connectivity index (χ2v) is 3.42. The minimum absolute atomic E-state index is 0.0837. The summed E-state index contributed by atoms with van der Waals surface area (Å²) in [5.41, 5.74) is -0.371. The Morgan fingerprint density at radius 3 is 2.50 bits per heavy atom. The zero-order valence-corrected chi connectivity index (χ0v) is 7.83. The number of aliphatic hydroxyl groups excluding tert-OH is 1. The van der Waals surface area contributed by atoms with E-state index in [4.69, 9.17) is 15.7 Å². The first-order valence-electron chi connectivity index (χ1n) is 3.85. The summed E-state index contributed by atoms with van der Waals surface area (Å²) in [4.78, 5) is 4.31. The standard InChI is InChI=1S/C8H17NO3/c1-8(2,3)12-7(10)5-4-6-11-9/h5,10H,4,6,9H2,1-3H3. The molecule has 0 bridgehead atoms. The maximum absolute atomic E-state index is 9.15. The molecule has 72 valence electrons. The van der Waals surface area contributed by atoms with E-state index < -0.39 is 0 Å². The first-order valence-corrected chi connectivity index (χ1v) is 3.85. The number of nitrogens with two attached hydrogens (primary N) is 1. The van der Waals surface area contributed by atoms with E-state index in [1.165, 1.54) is 6.08 Å². The summed E-state index contributed by atoms with van der Waals surface area (Å²) < 4.78 is 5.10. The van der Waals surface area contributed by atoms with Crippen molar-refractivity contribution in [2.45, 2.75) is 32.8 Å². The van der Waals surface area contributed by atoms with E-state index >= 15 is 0 Å². The Kier molecular flexibility index (Phi) is 4.70. The molecule has 0 aliphatic rings. The lowest BCUT2D eigenvalue weighted by molar-refractivity contribution is -0.0158. The van der Waals surface area contributed by atoms with Crippen LogP contribution in [-0.2, 0) is 9.57 Å². The molecule has 0 aliphatic carbocycles. The summed E-state index contributed by atoms with van der Waals surface area (Å²) in [5.74, 6) is 4.71. The Labute approximate surface area is 72.9 Å². The van der Waals surface area contributed by atoms with Crippen molar-refractivity contribution in [1.82, 2.24) is 0 Å². The zero-order valence-electron chi connectivity index (χ0n) is 7.83. The molecule has 12 heavy (non-hydrogen) atoms. The van der Waals surface area contributed by atoms with Gasteiger partial charge < -0.3 is 14.7 Å². The van der Waals surface area contributed by atoms with E-state index in [1.54, 1.807) is 0 Å². The molecule has 0 spiro atoms. The summed E-state index contributed by atoms with van der Waals surface area (Å²) in [6, 6.07) is 0. The quantitative estimate of drug-likeness (QED) is 0.386. The fourth-order valence-electron chi connectivity index (χ4n) is 0.606. The maximum Gasteiger partial charge on any atom is 0.272 e. The molecule has 0 saturated heterocycles. The average molecular weight is 175 g/mol. The fourth-order valence-corrected chi connectivity index (χ4v) is 0.606. The predicted octanol–water partition coefficient (Wildman–Crippen LogP) is 1.48. The summed E-state index contributed by atoms with van der Waals surface area (Å²) in [6.07, 6.45) is 2.07. The van der Waals surface area contributed by atoms with Gasteiger partial charge in [-0.1, -0.05) is 0 Å². The normalized spacial score (nSPS) is 13.2. The highest BCUT2D eigenvalue weighted by atomic mass is 16.6. The Balaban J connectivity index is 3.70. The highest BCUT2D eigenvalue weighted by Gasteiger charge is 2.12. The van der Waals surface area contributed by atoms with Crippen LogP contribution in [0, 0.1) is 0 Å². The van der Waals surface area contributed by atoms with E-state index in [0.29, 0.717) is 13.0 Å². The first kappa shape index (κ1) is 11.3. The molecule has 0 amide bonds. The Morgan fingerprint density at radius 2 is 2.08 bits per heavy atom. The third kappa shape index (κ3) is 7.37. The number of hydrogen-bond donors (Lipinski definition) is 2. The third-order valence-electron chi connectivity index (χ3n) is 0.965. The minimum Gasteiger partial charge on any atom is -0.481 e. The van der Waals surface area contributed by atoms with Crippen LogP contribution in [0.5, 0.6) is 0 Å². The van der Waals surface area contributed by atoms with Gasteiger partial charge in [0.25, 0.3) is 5.95 Å². The molecule has 0 rings (SSSR count). The van der Waals surface area contributed by atoms with Crippen molar-refractivity contribution in [2.24, 2.45) is 5.90 Å². The summed E-state index contributed by atoms with van der Waals surface area (Å²) in [6.45, 7) is 5.95. The van der Waals surface area contributed by atoms with Crippen LogP contribution in [0.25, 0.3) is 0 Å². The Bertz CT molecular complexity index is 149. The van der Waals surface area contributed by atoms with Gasteiger partial charge >= 0.3 is 0 Å². The molecule has 0 saturated carbocycles. The van der Waals surface area contributed by atoms with Gasteiger partial charge in [0, 0.05) is 0 Å². The molecule has 0 aromatic heterocycles. The molecule has 0 aromatic rings. The lowest BCUT2D eigenvalue weighted by atomic mass is 10.2. The van der Waals surface area contributed by atoms with Gasteiger partial charge in [-0.05, 0) is 33.3 Å². The van der Waals surface area contributed by atoms with Gasteiger partial charge in [-0.15, -0.1) is 0 Å². The molecule has 0 heterocycles. The molecule has 0 aromatic carbocycles. The van der Waals surface area contributed by atoms with Crippen molar-refractivity contribution >= 4 is 0 Å². The third-order valence-corrected chi connectivity index (χ3v) is 0.965. The highest BCUT2D eigenvalue weighted by Crippen LogP contribution is 2.11. The van der Waals surface area contributed by atoms with Gasteiger partial charge in [-0.2, -0.15) is 0 Å². The largest absolute Gasteiger partial charge is 0.481 e. The van der Waals surface area contributed by atoms with Crippen molar-refractivity contribution < 1.29 is 14.7 Å². The Morgan fingerprint density at radius 1 is 1.50 bits per heavy atom. The fraction of sp³-hybridized carbons (Fsp3) is 0.750. The molecule has 0 atom stereocenters. The second-order valence-electron chi connectivity index (χ2n) is 3.42. The van der Waals surface area contributed by atoms with Gasteiger partial charge in [-0.3, -0.25) is 0 Å². The van der Waals surface area contributed by atoms with Crippen LogP contribution in [0.15, 0.2) is 12.0 Å². The lowest BCUT2D eigenvalue weighted by Gasteiger charge is -2.19. The number of ether oxygens (including phenoxy) is 1. The molecular weight excluding hydrogens is 158 g/mol. The molecular formula is C8H17NO3. The average Bonchev–Trinajstić information content (AvgIpc) is 1.84. The monoisotopic (exact) mass is 175 g/mol. The van der Waals surface area contributed by atoms with E-state index in [2.05, 4.69) is 4.84 Å². The van der Waals surface area contributed by atoms with Gasteiger partial charge in [0.15, 0.2) is 0 Å². The molecule has 0 fully saturated rings. The van der Waals surface area contributed by atoms with Gasteiger partial charge in [0.05, 0.1) is 6.61 Å². The van der Waals surface area contributed by atoms with Gasteiger partial charge in [0.1, 0.15) is 5.60 Å². The molecule has 4 heteroatoms. The van der Waals surface area contributed by atoms with Crippen molar-refractivity contribution in [3.8, 4) is 0 Å². The molecule has 0 unspecified atom stereocenters. The van der Waals surface area contributed by atoms with E-state index in [9.17, 15) is 0 Å². The van der Waals surface area contributed by atoms with Crippen molar-refractivity contribution in [3.63, 3.8) is 0 Å². The van der Waals surface area contributed by atoms with Crippen molar-refractivity contribution in [2.75, 3.05) is 6.61 Å². The van der Waals surface area contributed by atoms with Crippen LogP contribution in [0.3, 0.4) is 0 Å². The molecule has 4 nitrogen and oxygen atoms in total. The highest BCUT2D eigenvalue weighted by molar-refractivity contribution is 4.83. The maximum atomic E-state index is 9.15. The van der Waals surface area contributed by atoms with E-state index in [0.717, 1.165) is 0 Å². The second kappa shape index (κ2) is 5.00. The minimum atomic E-state index is -0.371. The number of rotatable bonds is 4. The van der Waals surface area contributed by atoms with Crippen LogP contribution in [-0.4, -0.2) is 17.3 Å². The topological polar surface area (TPSA) is 64.7 Å². The van der Waals surface area contributed by atoms with E-state index in [-0.39, 0.29) is 11.5 Å². The lowest BCUT2D eigenvalue weighted by Crippen LogP contribution is -2.18. The van der Waals surface area contributed by atoms with E-state index in [1.807, 2.05) is 20.8 Å².